The molecule has 0 saturated heterocycles. The number of rotatable bonds is 2. The Labute approximate surface area is 160 Å². The topological polar surface area (TPSA) is 32.9 Å². The second kappa shape index (κ2) is 5.47. The summed E-state index contributed by atoms with van der Waals surface area (Å²) in [6.45, 7) is 2.36. The number of hydrogen-bond acceptors (Lipinski definition) is 1. The molecule has 1 heterocycles. The van der Waals surface area contributed by atoms with E-state index in [4.69, 9.17) is 0 Å². The fourth-order valence-electron chi connectivity index (χ4n) is 6.23. The van der Waals surface area contributed by atoms with Gasteiger partial charge in [-0.1, -0.05) is 32.3 Å². The van der Waals surface area contributed by atoms with E-state index in [1.165, 1.54) is 65.9 Å². The molecule has 2 fully saturated rings. The fourth-order valence-corrected chi connectivity index (χ4v) is 6.23. The third kappa shape index (κ3) is 2.10. The molecular formula is C25H27NO. The number of ketones is 1. The molecule has 27 heavy (non-hydrogen) atoms. The van der Waals surface area contributed by atoms with E-state index in [-0.39, 0.29) is 0 Å². The highest BCUT2D eigenvalue weighted by Gasteiger charge is 2.43. The van der Waals surface area contributed by atoms with Gasteiger partial charge in [0.05, 0.1) is 0 Å². The molecule has 0 unspecified atom stereocenters. The van der Waals surface area contributed by atoms with Gasteiger partial charge in [0.15, 0.2) is 5.78 Å². The van der Waals surface area contributed by atoms with E-state index in [9.17, 15) is 4.79 Å². The molecule has 2 aromatic carbocycles. The van der Waals surface area contributed by atoms with Crippen molar-refractivity contribution in [1.82, 2.24) is 4.98 Å². The number of carbonyl (C=O) groups excluding carboxylic acids is 1. The van der Waals surface area contributed by atoms with Gasteiger partial charge in [0.1, 0.15) is 0 Å². The van der Waals surface area contributed by atoms with Gasteiger partial charge in [-0.2, -0.15) is 0 Å². The number of carbonyl (C=O) groups is 1. The summed E-state index contributed by atoms with van der Waals surface area (Å²) < 4.78 is 0. The molecule has 0 amide bonds. The highest BCUT2D eigenvalue weighted by atomic mass is 16.1. The molecule has 3 aromatic rings. The Morgan fingerprint density at radius 2 is 1.74 bits per heavy atom. The monoisotopic (exact) mass is 357 g/mol. The number of H-pyrrole nitrogens is 1. The Morgan fingerprint density at radius 3 is 2.52 bits per heavy atom. The maximum absolute atomic E-state index is 12.6. The molecule has 138 valence electrons. The molecule has 4 aliphatic carbocycles. The van der Waals surface area contributed by atoms with Crippen molar-refractivity contribution in [2.45, 2.75) is 69.6 Å². The lowest BCUT2D eigenvalue weighted by atomic mass is 9.62. The van der Waals surface area contributed by atoms with Crippen LogP contribution in [0.5, 0.6) is 0 Å². The quantitative estimate of drug-likeness (QED) is 0.549. The summed E-state index contributed by atoms with van der Waals surface area (Å²) in [5.41, 5.74) is 6.52. The van der Waals surface area contributed by atoms with Gasteiger partial charge in [-0.05, 0) is 78.8 Å². The molecule has 1 aromatic heterocycles. The summed E-state index contributed by atoms with van der Waals surface area (Å²) in [6.07, 6.45) is 10.1. The zero-order valence-corrected chi connectivity index (χ0v) is 16.1. The van der Waals surface area contributed by atoms with Crippen LogP contribution >= 0.6 is 0 Å². The zero-order chi connectivity index (χ0) is 18.2. The minimum Gasteiger partial charge on any atom is -0.354 e. The van der Waals surface area contributed by atoms with Crippen molar-refractivity contribution in [3.63, 3.8) is 0 Å². The van der Waals surface area contributed by atoms with Crippen molar-refractivity contribution in [3.05, 3.63) is 47.0 Å². The Hall–Kier alpha value is -2.09. The first-order valence-corrected chi connectivity index (χ1v) is 10.8. The zero-order valence-electron chi connectivity index (χ0n) is 16.1. The van der Waals surface area contributed by atoms with E-state index in [0.717, 1.165) is 23.9 Å². The number of nitrogens with one attached hydrogen (secondary N) is 1. The summed E-state index contributed by atoms with van der Waals surface area (Å²) in [6, 6.07) is 11.6. The lowest BCUT2D eigenvalue weighted by molar-refractivity contribution is 0.0793. The van der Waals surface area contributed by atoms with Gasteiger partial charge in [-0.3, -0.25) is 4.79 Å². The van der Waals surface area contributed by atoms with E-state index in [1.54, 1.807) is 0 Å². The van der Waals surface area contributed by atoms with Crippen LogP contribution in [0.25, 0.3) is 21.8 Å². The van der Waals surface area contributed by atoms with E-state index in [2.05, 4.69) is 42.2 Å². The Bertz CT molecular complexity index is 1080. The number of aromatic nitrogens is 1. The summed E-state index contributed by atoms with van der Waals surface area (Å²) in [5, 5.41) is 2.66. The lowest BCUT2D eigenvalue weighted by Gasteiger charge is -2.41. The van der Waals surface area contributed by atoms with E-state index < -0.39 is 0 Å². The molecule has 0 spiro atoms. The summed E-state index contributed by atoms with van der Waals surface area (Å²) in [4.78, 5) is 16.2. The van der Waals surface area contributed by atoms with Gasteiger partial charge in [-0.15, -0.1) is 0 Å². The van der Waals surface area contributed by atoms with Gasteiger partial charge >= 0.3 is 0 Å². The molecule has 1 N–H and O–H groups in total. The van der Waals surface area contributed by atoms with Gasteiger partial charge < -0.3 is 4.98 Å². The van der Waals surface area contributed by atoms with E-state index in [1.807, 2.05) is 0 Å². The third-order valence-electron chi connectivity index (χ3n) is 8.08. The van der Waals surface area contributed by atoms with Crippen LogP contribution < -0.4 is 0 Å². The van der Waals surface area contributed by atoms with Crippen LogP contribution in [0.3, 0.4) is 0 Å². The minimum absolute atomic E-state index is 0.298. The molecule has 0 aliphatic heterocycles. The molecule has 0 atom stereocenters. The molecule has 2 bridgehead atoms. The Balaban J connectivity index is 1.55. The summed E-state index contributed by atoms with van der Waals surface area (Å²) >= 11 is 0. The van der Waals surface area contributed by atoms with Gasteiger partial charge in [0.2, 0.25) is 0 Å². The van der Waals surface area contributed by atoms with Crippen molar-refractivity contribution >= 4 is 27.6 Å². The SMILES string of the molecule is CCC1(c2ccc3[nH]c4cc5c(cc4c3c2)C2CC(C2)C5=O)CCCCC1. The molecule has 0 radical (unpaired) electrons. The first kappa shape index (κ1) is 15.9. The smallest absolute Gasteiger partial charge is 0.166 e. The van der Waals surface area contributed by atoms with Crippen LogP contribution in [0, 0.1) is 5.92 Å². The highest BCUT2D eigenvalue weighted by molar-refractivity contribution is 6.12. The largest absolute Gasteiger partial charge is 0.354 e. The summed E-state index contributed by atoms with van der Waals surface area (Å²) in [7, 11) is 0. The third-order valence-corrected chi connectivity index (χ3v) is 8.08. The predicted molar refractivity (Wildman–Crippen MR) is 111 cm³/mol. The van der Waals surface area contributed by atoms with E-state index >= 15 is 0 Å². The molecule has 2 nitrogen and oxygen atoms in total. The van der Waals surface area contributed by atoms with Crippen LogP contribution in [0.15, 0.2) is 30.3 Å². The highest BCUT2D eigenvalue weighted by Crippen LogP contribution is 2.51. The second-order valence-electron chi connectivity index (χ2n) is 9.29. The maximum Gasteiger partial charge on any atom is 0.166 e. The van der Waals surface area contributed by atoms with Crippen molar-refractivity contribution in [3.8, 4) is 0 Å². The first-order chi connectivity index (χ1) is 13.2. The lowest BCUT2D eigenvalue weighted by Crippen LogP contribution is -2.36. The second-order valence-corrected chi connectivity index (χ2v) is 9.29. The fraction of sp³-hybridized carbons (Fsp3) is 0.480. The number of aromatic amines is 1. The van der Waals surface area contributed by atoms with Crippen LogP contribution in [-0.2, 0) is 5.41 Å². The van der Waals surface area contributed by atoms with Gasteiger partial charge in [0.25, 0.3) is 0 Å². The van der Waals surface area contributed by atoms with Crippen LogP contribution in [0.2, 0.25) is 0 Å². The normalized spacial score (nSPS) is 26.2. The molecule has 4 aliphatic rings. The van der Waals surface area contributed by atoms with Crippen molar-refractivity contribution < 1.29 is 4.79 Å². The number of hydrogen-bond donors (Lipinski definition) is 1. The molecule has 2 saturated carbocycles. The van der Waals surface area contributed by atoms with Crippen molar-refractivity contribution in [2.24, 2.45) is 5.92 Å². The molecular weight excluding hydrogens is 330 g/mol. The Morgan fingerprint density at radius 1 is 0.963 bits per heavy atom. The van der Waals surface area contributed by atoms with Crippen LogP contribution in [0.1, 0.15) is 85.7 Å². The van der Waals surface area contributed by atoms with Gasteiger partial charge in [0, 0.05) is 33.3 Å². The molecule has 7 rings (SSSR count). The first-order valence-electron chi connectivity index (χ1n) is 10.8. The predicted octanol–water partition coefficient (Wildman–Crippen LogP) is 6.62. The van der Waals surface area contributed by atoms with E-state index in [0.29, 0.717) is 23.0 Å². The summed E-state index contributed by atoms with van der Waals surface area (Å²) in [5.74, 6) is 1.29. The molecule has 2 heteroatoms. The van der Waals surface area contributed by atoms with Crippen LogP contribution in [0.4, 0.5) is 0 Å². The Kier molecular flexibility index (Phi) is 3.22. The van der Waals surface area contributed by atoms with Crippen molar-refractivity contribution in [1.29, 1.82) is 0 Å². The maximum atomic E-state index is 12.6. The van der Waals surface area contributed by atoms with Gasteiger partial charge in [-0.25, -0.2) is 0 Å². The average Bonchev–Trinajstić information content (AvgIpc) is 3.03. The number of Topliss-reactive ketones (excluding diaryl/α,β-unsaturated/α-hetero) is 1. The van der Waals surface area contributed by atoms with Crippen molar-refractivity contribution in [2.75, 3.05) is 0 Å². The number of fused-ring (bicyclic) bond motifs is 3. The minimum atomic E-state index is 0.298. The van der Waals surface area contributed by atoms with Crippen LogP contribution in [-0.4, -0.2) is 10.8 Å². The standard InChI is InChI=1S/C25H27NO/c1-2-25(8-4-3-5-9-25)17-6-7-22-19(12-17)20-13-18-15-10-16(11-15)24(27)21(18)14-23(20)26-22/h6-7,12-16,26H,2-5,8-11H2,1H3. The average molecular weight is 357 g/mol. The number of benzene rings is 2.